The number of aromatic nitrogens is 1. The second kappa shape index (κ2) is 11.0. The summed E-state index contributed by atoms with van der Waals surface area (Å²) < 4.78 is 63.0. The number of aliphatic hydroxyl groups is 1. The normalized spacial score (nSPS) is 15.8. The largest absolute Gasteiger partial charge is 0.511 e. The van der Waals surface area contributed by atoms with Gasteiger partial charge in [-0.15, -0.1) is 0 Å². The Kier molecular flexibility index (Phi) is 7.86. The van der Waals surface area contributed by atoms with Crippen LogP contribution in [-0.2, 0) is 15.6 Å². The molecule has 41 heavy (non-hydrogen) atoms. The van der Waals surface area contributed by atoms with E-state index in [0.29, 0.717) is 47.6 Å². The molecule has 1 saturated heterocycles. The number of rotatable bonds is 6. The fourth-order valence-corrected chi connectivity index (χ4v) is 6.32. The van der Waals surface area contributed by atoms with Gasteiger partial charge in [-0.25, -0.2) is 8.42 Å². The first-order chi connectivity index (χ1) is 19.3. The van der Waals surface area contributed by atoms with Crippen LogP contribution in [0.5, 0.6) is 0 Å². The summed E-state index contributed by atoms with van der Waals surface area (Å²) in [5, 5.41) is 17.0. The summed E-state index contributed by atoms with van der Waals surface area (Å²) in [5.41, 5.74) is -5.02. The molecule has 0 aliphatic carbocycles. The molecule has 0 saturated carbocycles. The van der Waals surface area contributed by atoms with Crippen LogP contribution >= 0.6 is 23.2 Å². The Morgan fingerprint density at radius 3 is 1.88 bits per heavy atom. The van der Waals surface area contributed by atoms with Gasteiger partial charge in [0.1, 0.15) is 5.60 Å². The molecule has 4 aromatic rings. The first kappa shape index (κ1) is 29.4. The van der Waals surface area contributed by atoms with Crippen LogP contribution in [0.1, 0.15) is 29.5 Å². The molecule has 0 bridgehead atoms. The van der Waals surface area contributed by atoms with E-state index in [1.165, 1.54) is 6.07 Å². The van der Waals surface area contributed by atoms with Crippen LogP contribution in [0, 0.1) is 0 Å². The smallest absolute Gasteiger partial charge is 0.382 e. The Bertz CT molecular complexity index is 1690. The number of H-pyrrole nitrogens is 1. The van der Waals surface area contributed by atoms with Crippen molar-refractivity contribution in [2.45, 2.75) is 30.0 Å². The number of alkyl halides is 3. The number of hydrogen-bond donors (Lipinski definition) is 3. The van der Waals surface area contributed by atoms with Crippen molar-refractivity contribution in [1.82, 2.24) is 9.29 Å². The monoisotopic (exact) mass is 625 g/mol. The molecular weight excluding hydrogens is 602 g/mol. The minimum Gasteiger partial charge on any atom is -0.382 e. The fourth-order valence-electron chi connectivity index (χ4n) is 5.09. The minimum absolute atomic E-state index is 0.1000. The maximum atomic E-state index is 13.0. The summed E-state index contributed by atoms with van der Waals surface area (Å²) in [6.45, 7) is -0.641. The van der Waals surface area contributed by atoms with Gasteiger partial charge in [0.2, 0.25) is 5.56 Å². The Balaban J connectivity index is 1.53. The Morgan fingerprint density at radius 1 is 0.854 bits per heavy atom. The van der Waals surface area contributed by atoms with Gasteiger partial charge in [0.15, 0.2) is 0 Å². The molecule has 0 amide bonds. The summed E-state index contributed by atoms with van der Waals surface area (Å²) in [6.07, 6.45) is 0.200. The maximum absolute atomic E-state index is 13.0. The van der Waals surface area contributed by atoms with Crippen molar-refractivity contribution in [3.8, 4) is 0 Å². The summed E-state index contributed by atoms with van der Waals surface area (Å²) in [5.74, 6) is 0. The van der Waals surface area contributed by atoms with E-state index >= 15 is 0 Å². The third-order valence-electron chi connectivity index (χ3n) is 7.23. The van der Waals surface area contributed by atoms with Crippen LogP contribution in [-0.4, -0.2) is 47.5 Å². The predicted molar refractivity (Wildman–Crippen MR) is 153 cm³/mol. The number of piperidine rings is 1. The van der Waals surface area contributed by atoms with Crippen molar-refractivity contribution in [2.75, 3.05) is 18.4 Å². The van der Waals surface area contributed by atoms with Gasteiger partial charge in [-0.3, -0.25) is 4.79 Å². The van der Waals surface area contributed by atoms with Crippen molar-refractivity contribution in [3.63, 3.8) is 0 Å². The molecule has 1 aliphatic heterocycles. The van der Waals surface area contributed by atoms with Crippen molar-refractivity contribution >= 4 is 49.8 Å². The maximum Gasteiger partial charge on any atom is 0.511 e. The number of benzene rings is 3. The number of hydrogen-bond acceptors (Lipinski definition) is 5. The van der Waals surface area contributed by atoms with Gasteiger partial charge in [0, 0.05) is 46.3 Å². The predicted octanol–water partition coefficient (Wildman–Crippen LogP) is 5.85. The van der Waals surface area contributed by atoms with E-state index < -0.39 is 32.7 Å². The molecule has 5 rings (SSSR count). The zero-order valence-corrected chi connectivity index (χ0v) is 23.6. The summed E-state index contributed by atoms with van der Waals surface area (Å²) in [4.78, 5) is 15.2. The molecule has 1 aliphatic rings. The first-order valence-electron chi connectivity index (χ1n) is 12.5. The molecule has 2 heterocycles. The lowest BCUT2D eigenvalue weighted by Crippen LogP contribution is -2.47. The van der Waals surface area contributed by atoms with E-state index in [2.05, 4.69) is 10.3 Å². The second-order valence-corrected chi connectivity index (χ2v) is 12.6. The number of fused-ring (bicyclic) bond motifs is 1. The van der Waals surface area contributed by atoms with Crippen molar-refractivity contribution in [1.29, 1.82) is 0 Å². The van der Waals surface area contributed by atoms with E-state index in [1.54, 1.807) is 66.7 Å². The van der Waals surface area contributed by atoms with Gasteiger partial charge < -0.3 is 15.4 Å². The lowest BCUT2D eigenvalue weighted by Gasteiger charge is -2.33. The highest BCUT2D eigenvalue weighted by Crippen LogP contribution is 2.39. The molecule has 3 aromatic carbocycles. The fraction of sp³-hybridized carbons (Fsp3) is 0.250. The number of halogens is 5. The van der Waals surface area contributed by atoms with E-state index in [0.717, 1.165) is 0 Å². The van der Waals surface area contributed by atoms with Crippen LogP contribution in [0.3, 0.4) is 0 Å². The molecule has 13 heteroatoms. The van der Waals surface area contributed by atoms with Crippen LogP contribution in [0.2, 0.25) is 10.0 Å². The van der Waals surface area contributed by atoms with E-state index in [4.69, 9.17) is 23.2 Å². The van der Waals surface area contributed by atoms with E-state index in [-0.39, 0.29) is 25.9 Å². The highest BCUT2D eigenvalue weighted by Gasteiger charge is 2.50. The molecule has 7 nitrogen and oxygen atoms in total. The van der Waals surface area contributed by atoms with Gasteiger partial charge in [-0.05, 0) is 65.9 Å². The van der Waals surface area contributed by atoms with Crippen LogP contribution < -0.4 is 10.9 Å². The molecule has 0 unspecified atom stereocenters. The molecule has 0 spiro atoms. The van der Waals surface area contributed by atoms with Gasteiger partial charge in [0.05, 0.1) is 5.52 Å². The van der Waals surface area contributed by atoms with Crippen molar-refractivity contribution in [3.05, 3.63) is 110 Å². The third kappa shape index (κ3) is 5.69. The SMILES string of the molecule is O=c1cc(NC2CCN(S(=O)(=O)C(F)(F)F)CC2)c2cc(C(O)(c3ccc(Cl)cc3)c3ccc(Cl)cc3)ccc2[nH]1. The van der Waals surface area contributed by atoms with Crippen molar-refractivity contribution in [2.24, 2.45) is 0 Å². The number of nitrogens with zero attached hydrogens (tertiary/aromatic N) is 1. The average Bonchev–Trinajstić information content (AvgIpc) is 2.93. The quantitative estimate of drug-likeness (QED) is 0.234. The molecule has 3 N–H and O–H groups in total. The van der Waals surface area contributed by atoms with E-state index in [9.17, 15) is 31.5 Å². The van der Waals surface area contributed by atoms with Crippen LogP contribution in [0.25, 0.3) is 10.9 Å². The first-order valence-corrected chi connectivity index (χ1v) is 14.7. The number of anilines is 1. The number of pyridine rings is 1. The summed E-state index contributed by atoms with van der Waals surface area (Å²) >= 11 is 12.2. The van der Waals surface area contributed by atoms with Crippen molar-refractivity contribution < 1.29 is 26.7 Å². The van der Waals surface area contributed by atoms with Gasteiger partial charge in [0.25, 0.3) is 0 Å². The number of aromatic amines is 1. The summed E-state index contributed by atoms with van der Waals surface area (Å²) in [6, 6.07) is 19.5. The zero-order chi connectivity index (χ0) is 29.6. The van der Waals surface area contributed by atoms with Gasteiger partial charge >= 0.3 is 15.5 Å². The highest BCUT2D eigenvalue weighted by atomic mass is 35.5. The Hall–Kier alpha value is -3.09. The molecule has 1 fully saturated rings. The number of sulfonamides is 1. The minimum atomic E-state index is -5.41. The Labute approximate surface area is 243 Å². The second-order valence-electron chi connectivity index (χ2n) is 9.80. The summed E-state index contributed by atoms with van der Waals surface area (Å²) in [7, 11) is -5.41. The van der Waals surface area contributed by atoms with E-state index in [1.807, 2.05) is 0 Å². The van der Waals surface area contributed by atoms with Gasteiger partial charge in [-0.1, -0.05) is 53.5 Å². The molecule has 1 aromatic heterocycles. The topological polar surface area (TPSA) is 102 Å². The molecule has 0 atom stereocenters. The van der Waals surface area contributed by atoms with Crippen LogP contribution in [0.4, 0.5) is 18.9 Å². The standard InChI is InChI=1S/C28H24Cl2F3N3O4S/c29-20-6-1-17(2-7-20)27(38,18-3-8-21(30)9-4-18)19-5-10-24-23(15-19)25(16-26(37)35-24)34-22-11-13-36(14-12-22)41(39,40)28(31,32)33/h1-10,15-16,22,38H,11-14H2,(H2,34,35,37). The molecule has 0 radical (unpaired) electrons. The highest BCUT2D eigenvalue weighted by molar-refractivity contribution is 7.90. The third-order valence-corrected chi connectivity index (χ3v) is 9.36. The van der Waals surface area contributed by atoms with Gasteiger partial charge in [-0.2, -0.15) is 17.5 Å². The number of nitrogens with one attached hydrogen (secondary N) is 2. The van der Waals surface area contributed by atoms with Crippen LogP contribution in [0.15, 0.2) is 77.6 Å². The average molecular weight is 626 g/mol. The zero-order valence-electron chi connectivity index (χ0n) is 21.3. The molecular formula is C28H24Cl2F3N3O4S. The Morgan fingerprint density at radius 2 is 1.37 bits per heavy atom. The lowest BCUT2D eigenvalue weighted by molar-refractivity contribution is -0.0494. The molecule has 216 valence electrons. The lowest BCUT2D eigenvalue weighted by atomic mass is 9.80.